The summed E-state index contributed by atoms with van der Waals surface area (Å²) in [7, 11) is 0. The van der Waals surface area contributed by atoms with Gasteiger partial charge in [0.25, 0.3) is 0 Å². The summed E-state index contributed by atoms with van der Waals surface area (Å²) in [6.07, 6.45) is 14.7. The third-order valence-electron chi connectivity index (χ3n) is 3.06. The van der Waals surface area contributed by atoms with Gasteiger partial charge in [0, 0.05) is 12.8 Å². The van der Waals surface area contributed by atoms with Gasteiger partial charge in [-0.2, -0.15) is 5.26 Å². The summed E-state index contributed by atoms with van der Waals surface area (Å²) in [6, 6.07) is 2.19. The average molecular weight is 234 g/mol. The number of nitriles is 1. The second kappa shape index (κ2) is 15.0. The van der Waals surface area contributed by atoms with E-state index in [-0.39, 0.29) is 0 Å². The van der Waals surface area contributed by atoms with E-state index in [9.17, 15) is 0 Å². The zero-order valence-electron chi connectivity index (χ0n) is 11.1. The van der Waals surface area contributed by atoms with E-state index in [4.69, 9.17) is 11.8 Å². The van der Waals surface area contributed by atoms with E-state index in [2.05, 4.69) is 10.9 Å². The predicted octanol–water partition coefficient (Wildman–Crippen LogP) is 5.11. The van der Waals surface area contributed by atoms with Crippen molar-refractivity contribution in [1.82, 2.24) is 0 Å². The van der Waals surface area contributed by atoms with Crippen molar-refractivity contribution in [3.63, 3.8) is 0 Å². The molecular formula is C15H26N2. The molecule has 0 N–H and O–H groups in total. The summed E-state index contributed by atoms with van der Waals surface area (Å²) in [5.74, 6) is 0. The Balaban J connectivity index is 2.90. The van der Waals surface area contributed by atoms with Gasteiger partial charge in [-0.15, -0.1) is 0 Å². The lowest BCUT2D eigenvalue weighted by Gasteiger charge is -2.01. The van der Waals surface area contributed by atoms with Crippen LogP contribution in [0.2, 0.25) is 0 Å². The van der Waals surface area contributed by atoms with Crippen molar-refractivity contribution >= 4 is 0 Å². The second-order valence-electron chi connectivity index (χ2n) is 4.68. The first-order valence-corrected chi connectivity index (χ1v) is 7.12. The molecule has 17 heavy (non-hydrogen) atoms. The van der Waals surface area contributed by atoms with Crippen LogP contribution in [0.5, 0.6) is 0 Å². The predicted molar refractivity (Wildman–Crippen MR) is 72.5 cm³/mol. The molecule has 0 bridgehead atoms. The Morgan fingerprint density at radius 2 is 1.12 bits per heavy atom. The fraction of sp³-hybridized carbons (Fsp3) is 0.867. The lowest BCUT2D eigenvalue weighted by Crippen LogP contribution is -1.83. The van der Waals surface area contributed by atoms with Crippen molar-refractivity contribution in [3.8, 4) is 6.07 Å². The lowest BCUT2D eigenvalue weighted by atomic mass is 10.1. The van der Waals surface area contributed by atoms with Gasteiger partial charge in [-0.1, -0.05) is 51.4 Å². The lowest BCUT2D eigenvalue weighted by molar-refractivity contribution is 0.550. The third kappa shape index (κ3) is 15.0. The molecule has 2 nitrogen and oxygen atoms in total. The summed E-state index contributed by atoms with van der Waals surface area (Å²) >= 11 is 0. The normalized spacial score (nSPS) is 9.76. The largest absolute Gasteiger partial charge is 0.317 e. The van der Waals surface area contributed by atoms with Crippen molar-refractivity contribution in [2.24, 2.45) is 0 Å². The molecular weight excluding hydrogens is 208 g/mol. The van der Waals surface area contributed by atoms with Crippen LogP contribution in [0.3, 0.4) is 0 Å². The first kappa shape index (κ1) is 16.0. The molecule has 0 spiro atoms. The molecule has 0 aromatic heterocycles. The van der Waals surface area contributed by atoms with Crippen molar-refractivity contribution in [2.45, 2.75) is 77.0 Å². The first-order valence-electron chi connectivity index (χ1n) is 7.12. The highest BCUT2D eigenvalue weighted by atomic mass is 14.6. The molecule has 0 aliphatic heterocycles. The van der Waals surface area contributed by atoms with Gasteiger partial charge < -0.3 is 4.85 Å². The van der Waals surface area contributed by atoms with Crippen molar-refractivity contribution in [1.29, 1.82) is 5.26 Å². The molecule has 0 aromatic carbocycles. The molecule has 96 valence electrons. The summed E-state index contributed by atoms with van der Waals surface area (Å²) in [5, 5.41) is 8.38. The molecule has 0 heterocycles. The van der Waals surface area contributed by atoms with E-state index in [0.717, 1.165) is 19.3 Å². The van der Waals surface area contributed by atoms with Gasteiger partial charge in [-0.25, -0.2) is 6.57 Å². The highest BCUT2D eigenvalue weighted by molar-refractivity contribution is 4.67. The second-order valence-corrected chi connectivity index (χ2v) is 4.68. The van der Waals surface area contributed by atoms with Crippen LogP contribution in [-0.4, -0.2) is 6.54 Å². The Morgan fingerprint density at radius 1 is 0.706 bits per heavy atom. The number of hydrogen-bond acceptors (Lipinski definition) is 1. The summed E-state index contributed by atoms with van der Waals surface area (Å²) in [6.45, 7) is 7.37. The van der Waals surface area contributed by atoms with Gasteiger partial charge in [0.1, 0.15) is 0 Å². The number of rotatable bonds is 12. The number of nitrogens with zero attached hydrogens (tertiary/aromatic N) is 2. The van der Waals surface area contributed by atoms with E-state index in [1.807, 2.05) is 0 Å². The Kier molecular flexibility index (Phi) is 14.1. The van der Waals surface area contributed by atoms with Gasteiger partial charge in [0.15, 0.2) is 0 Å². The van der Waals surface area contributed by atoms with Crippen LogP contribution in [0.25, 0.3) is 4.85 Å². The average Bonchev–Trinajstić information content (AvgIpc) is 2.35. The quantitative estimate of drug-likeness (QED) is 0.340. The summed E-state index contributed by atoms with van der Waals surface area (Å²) in [4.78, 5) is 3.35. The molecule has 0 aromatic rings. The highest BCUT2D eigenvalue weighted by Crippen LogP contribution is 2.11. The van der Waals surface area contributed by atoms with Gasteiger partial charge >= 0.3 is 0 Å². The molecule has 0 saturated carbocycles. The fourth-order valence-corrected chi connectivity index (χ4v) is 1.99. The highest BCUT2D eigenvalue weighted by Gasteiger charge is 1.94. The Bertz CT molecular complexity index is 198. The molecule has 0 radical (unpaired) electrons. The monoisotopic (exact) mass is 234 g/mol. The molecule has 0 amide bonds. The minimum absolute atomic E-state index is 0.711. The molecule has 0 atom stereocenters. The Labute approximate surface area is 107 Å². The van der Waals surface area contributed by atoms with Crippen LogP contribution < -0.4 is 0 Å². The van der Waals surface area contributed by atoms with Crippen LogP contribution in [0.4, 0.5) is 0 Å². The van der Waals surface area contributed by atoms with Crippen molar-refractivity contribution in [3.05, 3.63) is 11.4 Å². The van der Waals surface area contributed by atoms with Crippen LogP contribution in [0, 0.1) is 17.9 Å². The zero-order valence-corrected chi connectivity index (χ0v) is 11.1. The number of hydrogen-bond donors (Lipinski definition) is 0. The van der Waals surface area contributed by atoms with Crippen LogP contribution in [0.15, 0.2) is 0 Å². The Hall–Kier alpha value is -1.02. The van der Waals surface area contributed by atoms with Gasteiger partial charge in [-0.3, -0.25) is 0 Å². The topological polar surface area (TPSA) is 28.1 Å². The zero-order chi connectivity index (χ0) is 12.6. The molecule has 2 heteroatoms. The maximum atomic E-state index is 8.38. The molecule has 0 unspecified atom stereocenters. The number of unbranched alkanes of at least 4 members (excludes halogenated alkanes) is 11. The maximum Gasteiger partial charge on any atom is 0.214 e. The van der Waals surface area contributed by atoms with E-state index in [0.29, 0.717) is 6.54 Å². The maximum absolute atomic E-state index is 8.38. The molecule has 0 fully saturated rings. The van der Waals surface area contributed by atoms with Crippen LogP contribution in [-0.2, 0) is 0 Å². The molecule has 0 aliphatic carbocycles. The van der Waals surface area contributed by atoms with Gasteiger partial charge in [0.05, 0.1) is 6.07 Å². The third-order valence-corrected chi connectivity index (χ3v) is 3.06. The summed E-state index contributed by atoms with van der Waals surface area (Å²) < 4.78 is 0. The minimum atomic E-state index is 0.711. The molecule has 0 aliphatic rings. The molecule has 0 rings (SSSR count). The van der Waals surface area contributed by atoms with E-state index < -0.39 is 0 Å². The molecule has 0 saturated heterocycles. The fourth-order valence-electron chi connectivity index (χ4n) is 1.99. The van der Waals surface area contributed by atoms with Crippen molar-refractivity contribution < 1.29 is 0 Å². The minimum Gasteiger partial charge on any atom is -0.317 e. The Morgan fingerprint density at radius 3 is 1.53 bits per heavy atom. The summed E-state index contributed by atoms with van der Waals surface area (Å²) in [5.41, 5.74) is 0. The van der Waals surface area contributed by atoms with Gasteiger partial charge in [0.2, 0.25) is 6.54 Å². The van der Waals surface area contributed by atoms with Crippen molar-refractivity contribution in [2.75, 3.05) is 6.54 Å². The van der Waals surface area contributed by atoms with E-state index in [1.54, 1.807) is 0 Å². The van der Waals surface area contributed by atoms with Crippen LogP contribution in [0.1, 0.15) is 77.0 Å². The van der Waals surface area contributed by atoms with E-state index >= 15 is 0 Å². The first-order chi connectivity index (χ1) is 8.41. The SMILES string of the molecule is [C-]#[N+]CCCCCCCCCCCCCC#N. The van der Waals surface area contributed by atoms with E-state index in [1.165, 1.54) is 57.8 Å². The van der Waals surface area contributed by atoms with Crippen LogP contribution >= 0.6 is 0 Å². The standard InChI is InChI=1S/C15H26N2/c1-17-15-13-11-9-7-5-3-2-4-6-8-10-12-14-16/h2-13,15H2. The smallest absolute Gasteiger partial charge is 0.214 e. The van der Waals surface area contributed by atoms with Gasteiger partial charge in [-0.05, 0) is 12.8 Å².